The van der Waals surface area contributed by atoms with Gasteiger partial charge in [-0.05, 0) is 44.0 Å². The molecule has 27 heavy (non-hydrogen) atoms. The number of hydrogen-bond acceptors (Lipinski definition) is 6. The number of nitrogens with zero attached hydrogens (tertiary/aromatic N) is 3. The van der Waals surface area contributed by atoms with Crippen LogP contribution in [0.15, 0.2) is 36.5 Å². The lowest BCUT2D eigenvalue weighted by Crippen LogP contribution is -2.46. The van der Waals surface area contributed by atoms with E-state index in [2.05, 4.69) is 15.3 Å². The van der Waals surface area contributed by atoms with Gasteiger partial charge in [-0.2, -0.15) is 4.98 Å². The zero-order valence-electron chi connectivity index (χ0n) is 15.6. The molecule has 1 aromatic heterocycles. The summed E-state index contributed by atoms with van der Waals surface area (Å²) >= 11 is 0. The number of nitrogens with one attached hydrogen (secondary N) is 1. The third-order valence-corrected chi connectivity index (χ3v) is 4.16. The van der Waals surface area contributed by atoms with Gasteiger partial charge in [-0.3, -0.25) is 0 Å². The molecule has 2 heterocycles. The van der Waals surface area contributed by atoms with Crippen molar-refractivity contribution in [3.05, 3.63) is 36.5 Å². The molecule has 1 unspecified atom stereocenters. The Morgan fingerprint density at radius 1 is 1.30 bits per heavy atom. The van der Waals surface area contributed by atoms with E-state index in [4.69, 9.17) is 14.2 Å². The van der Waals surface area contributed by atoms with E-state index in [9.17, 15) is 4.79 Å². The molecule has 0 bridgehead atoms. The molecule has 0 aliphatic carbocycles. The second kappa shape index (κ2) is 9.07. The molecule has 1 aliphatic heterocycles. The van der Waals surface area contributed by atoms with Gasteiger partial charge in [-0.15, -0.1) is 0 Å². The molecular formula is C19H24N4O4. The van der Waals surface area contributed by atoms with Crippen molar-refractivity contribution in [2.24, 2.45) is 0 Å². The standard InChI is InChI=1S/C19H24N4O4/c1-3-26-15-8-6-14(7-9-15)21-19(24)23-12-4-5-16(13-23)27-17-10-11-20-18(22-17)25-2/h6-11,16H,3-5,12-13H2,1-2H3,(H,21,24). The number of carbonyl (C=O) groups excluding carboxylic acids is 1. The maximum Gasteiger partial charge on any atom is 0.321 e. The third-order valence-electron chi connectivity index (χ3n) is 4.16. The van der Waals surface area contributed by atoms with E-state index in [0.717, 1.165) is 24.3 Å². The Bertz CT molecular complexity index is 754. The molecule has 1 saturated heterocycles. The van der Waals surface area contributed by atoms with Gasteiger partial charge in [0, 0.05) is 24.5 Å². The minimum Gasteiger partial charge on any atom is -0.494 e. The number of methoxy groups -OCH3 is 1. The van der Waals surface area contributed by atoms with Gasteiger partial charge in [0.2, 0.25) is 5.88 Å². The van der Waals surface area contributed by atoms with E-state index in [1.807, 2.05) is 31.2 Å². The van der Waals surface area contributed by atoms with E-state index >= 15 is 0 Å². The fourth-order valence-electron chi connectivity index (χ4n) is 2.88. The molecule has 1 atom stereocenters. The van der Waals surface area contributed by atoms with Gasteiger partial charge in [0.25, 0.3) is 0 Å². The topological polar surface area (TPSA) is 85.8 Å². The molecule has 0 radical (unpaired) electrons. The summed E-state index contributed by atoms with van der Waals surface area (Å²) in [5, 5.41) is 2.91. The minimum absolute atomic E-state index is 0.121. The molecule has 1 aromatic carbocycles. The number of piperidine rings is 1. The number of anilines is 1. The largest absolute Gasteiger partial charge is 0.494 e. The van der Waals surface area contributed by atoms with E-state index in [1.54, 1.807) is 17.2 Å². The van der Waals surface area contributed by atoms with Crippen molar-refractivity contribution in [1.82, 2.24) is 14.9 Å². The van der Waals surface area contributed by atoms with Gasteiger partial charge in [0.15, 0.2) is 0 Å². The van der Waals surface area contributed by atoms with Crippen molar-refractivity contribution in [1.29, 1.82) is 0 Å². The summed E-state index contributed by atoms with van der Waals surface area (Å²) in [4.78, 5) is 22.4. The summed E-state index contributed by atoms with van der Waals surface area (Å²) in [5.41, 5.74) is 0.729. The first-order valence-electron chi connectivity index (χ1n) is 9.00. The Morgan fingerprint density at radius 3 is 2.85 bits per heavy atom. The van der Waals surface area contributed by atoms with Crippen LogP contribution in [-0.2, 0) is 0 Å². The first kappa shape index (κ1) is 18.8. The van der Waals surface area contributed by atoms with E-state index in [0.29, 0.717) is 25.6 Å². The summed E-state index contributed by atoms with van der Waals surface area (Å²) in [6.45, 7) is 3.73. The maximum absolute atomic E-state index is 12.6. The highest BCUT2D eigenvalue weighted by atomic mass is 16.5. The zero-order valence-corrected chi connectivity index (χ0v) is 15.6. The van der Waals surface area contributed by atoms with E-state index in [-0.39, 0.29) is 18.1 Å². The van der Waals surface area contributed by atoms with Crippen molar-refractivity contribution in [3.8, 4) is 17.6 Å². The van der Waals surface area contributed by atoms with Gasteiger partial charge in [-0.1, -0.05) is 0 Å². The molecule has 3 rings (SSSR count). The van der Waals surface area contributed by atoms with Gasteiger partial charge in [0.1, 0.15) is 11.9 Å². The number of amides is 2. The lowest BCUT2D eigenvalue weighted by atomic mass is 10.1. The fourth-order valence-corrected chi connectivity index (χ4v) is 2.88. The Kier molecular flexibility index (Phi) is 6.30. The number of carbonyl (C=O) groups is 1. The smallest absolute Gasteiger partial charge is 0.321 e. The molecule has 8 heteroatoms. The highest BCUT2D eigenvalue weighted by Gasteiger charge is 2.25. The minimum atomic E-state index is -0.146. The van der Waals surface area contributed by atoms with Crippen LogP contribution in [0.1, 0.15) is 19.8 Å². The second-order valence-electron chi connectivity index (χ2n) is 6.10. The van der Waals surface area contributed by atoms with Crippen LogP contribution in [0, 0.1) is 0 Å². The van der Waals surface area contributed by atoms with Crippen molar-refractivity contribution in [2.45, 2.75) is 25.9 Å². The summed E-state index contributed by atoms with van der Waals surface area (Å²) in [6, 6.07) is 9.12. The molecule has 144 valence electrons. The molecule has 2 amide bonds. The Balaban J connectivity index is 1.55. The van der Waals surface area contributed by atoms with E-state index in [1.165, 1.54) is 7.11 Å². The van der Waals surface area contributed by atoms with Crippen LogP contribution < -0.4 is 19.5 Å². The monoisotopic (exact) mass is 372 g/mol. The number of urea groups is 1. The molecule has 1 fully saturated rings. The predicted octanol–water partition coefficient (Wildman–Crippen LogP) is 2.96. The van der Waals surface area contributed by atoms with Gasteiger partial charge in [0.05, 0.1) is 20.3 Å². The highest BCUT2D eigenvalue weighted by molar-refractivity contribution is 5.89. The Hall–Kier alpha value is -3.03. The van der Waals surface area contributed by atoms with Gasteiger partial charge in [-0.25, -0.2) is 9.78 Å². The Morgan fingerprint density at radius 2 is 2.11 bits per heavy atom. The van der Waals surface area contributed by atoms with Crippen LogP contribution >= 0.6 is 0 Å². The normalized spacial score (nSPS) is 16.5. The molecule has 0 saturated carbocycles. The van der Waals surface area contributed by atoms with Crippen LogP contribution in [0.25, 0.3) is 0 Å². The van der Waals surface area contributed by atoms with Crippen LogP contribution in [0.2, 0.25) is 0 Å². The summed E-state index contributed by atoms with van der Waals surface area (Å²) in [5.74, 6) is 1.22. The average Bonchev–Trinajstić information content (AvgIpc) is 2.70. The molecule has 0 spiro atoms. The first-order chi connectivity index (χ1) is 13.2. The highest BCUT2D eigenvalue weighted by Crippen LogP contribution is 2.20. The summed E-state index contributed by atoms with van der Waals surface area (Å²) < 4.78 is 16.3. The van der Waals surface area contributed by atoms with Crippen molar-refractivity contribution in [2.75, 3.05) is 32.1 Å². The number of rotatable bonds is 6. The number of benzene rings is 1. The summed E-state index contributed by atoms with van der Waals surface area (Å²) in [6.07, 6.45) is 3.19. The van der Waals surface area contributed by atoms with E-state index < -0.39 is 0 Å². The van der Waals surface area contributed by atoms with Crippen LogP contribution in [0.3, 0.4) is 0 Å². The molecule has 1 N–H and O–H groups in total. The fraction of sp³-hybridized carbons (Fsp3) is 0.421. The third kappa shape index (κ3) is 5.22. The summed E-state index contributed by atoms with van der Waals surface area (Å²) in [7, 11) is 1.51. The van der Waals surface area contributed by atoms with Crippen molar-refractivity contribution < 1.29 is 19.0 Å². The number of aromatic nitrogens is 2. The quantitative estimate of drug-likeness (QED) is 0.839. The average molecular weight is 372 g/mol. The lowest BCUT2D eigenvalue weighted by molar-refractivity contribution is 0.102. The number of ether oxygens (including phenoxy) is 3. The van der Waals surface area contributed by atoms with Gasteiger partial charge >= 0.3 is 12.0 Å². The SMILES string of the molecule is CCOc1ccc(NC(=O)N2CCCC(Oc3ccnc(OC)n3)C2)cc1. The van der Waals surface area contributed by atoms with Gasteiger partial charge < -0.3 is 24.4 Å². The first-order valence-corrected chi connectivity index (χ1v) is 9.00. The Labute approximate surface area is 158 Å². The predicted molar refractivity (Wildman–Crippen MR) is 100 cm³/mol. The molecule has 1 aliphatic rings. The second-order valence-corrected chi connectivity index (χ2v) is 6.10. The van der Waals surface area contributed by atoms with Crippen LogP contribution in [-0.4, -0.2) is 53.8 Å². The molecule has 8 nitrogen and oxygen atoms in total. The molecule has 2 aromatic rings. The number of likely N-dealkylation sites (tertiary alicyclic amines) is 1. The lowest BCUT2D eigenvalue weighted by Gasteiger charge is -2.32. The zero-order chi connectivity index (χ0) is 19.1. The molecular weight excluding hydrogens is 348 g/mol. The van der Waals surface area contributed by atoms with Crippen LogP contribution in [0.4, 0.5) is 10.5 Å². The van der Waals surface area contributed by atoms with Crippen molar-refractivity contribution in [3.63, 3.8) is 0 Å². The number of hydrogen-bond donors (Lipinski definition) is 1. The maximum atomic E-state index is 12.6. The van der Waals surface area contributed by atoms with Crippen LogP contribution in [0.5, 0.6) is 17.6 Å². The van der Waals surface area contributed by atoms with Crippen molar-refractivity contribution >= 4 is 11.7 Å².